The van der Waals surface area contributed by atoms with Gasteiger partial charge in [0.1, 0.15) is 11.3 Å². The van der Waals surface area contributed by atoms with Crippen molar-refractivity contribution in [2.75, 3.05) is 0 Å². The fourth-order valence-electron chi connectivity index (χ4n) is 6.23. The molecule has 0 bridgehead atoms. The zero-order valence-corrected chi connectivity index (χ0v) is 25.5. The first-order chi connectivity index (χ1) is 22.8. The number of para-hydroxylation sites is 1. The number of benzene rings is 6. The first kappa shape index (κ1) is 26.6. The van der Waals surface area contributed by atoms with Gasteiger partial charge in [-0.25, -0.2) is 9.97 Å². The number of rotatable bonds is 5. The number of furan rings is 1. The van der Waals surface area contributed by atoms with Gasteiger partial charge in [0.05, 0.1) is 11.4 Å². The van der Waals surface area contributed by atoms with Gasteiger partial charge in [0.15, 0.2) is 5.82 Å². The summed E-state index contributed by atoms with van der Waals surface area (Å²) in [7, 11) is 0. The van der Waals surface area contributed by atoms with Gasteiger partial charge in [0.2, 0.25) is 0 Å². The lowest BCUT2D eigenvalue weighted by molar-refractivity contribution is 0.631. The van der Waals surface area contributed by atoms with E-state index >= 15 is 0 Å². The topological polar surface area (TPSA) is 38.9 Å². The van der Waals surface area contributed by atoms with Crippen LogP contribution in [0.3, 0.4) is 0 Å². The molecule has 3 aromatic heterocycles. The molecule has 0 radical (unpaired) electrons. The third-order valence-electron chi connectivity index (χ3n) is 8.54. The minimum absolute atomic E-state index is 0.705. The van der Waals surface area contributed by atoms with Crippen LogP contribution in [0.4, 0.5) is 0 Å². The summed E-state index contributed by atoms with van der Waals surface area (Å²) < 4.78 is 8.66. The molecular weight excluding hydrogens is 581 g/mol. The molecule has 46 heavy (non-hydrogen) atoms. The van der Waals surface area contributed by atoms with Gasteiger partial charge in [-0.1, -0.05) is 127 Å². The maximum absolute atomic E-state index is 6.14. The lowest BCUT2D eigenvalue weighted by atomic mass is 9.96. The Hall–Kier alpha value is -5.84. The molecule has 0 N–H and O–H groups in total. The molecule has 9 aromatic rings. The molecule has 0 aliphatic rings. The van der Waals surface area contributed by atoms with E-state index < -0.39 is 0 Å². The second-order valence-electron chi connectivity index (χ2n) is 11.4. The van der Waals surface area contributed by atoms with Crippen molar-refractivity contribution in [3.63, 3.8) is 0 Å². The fraction of sp³-hybridized carbons (Fsp3) is 0. The Kier molecular flexibility index (Phi) is 6.32. The fourth-order valence-corrected chi connectivity index (χ4v) is 7.38. The highest BCUT2D eigenvalue weighted by Gasteiger charge is 2.16. The molecule has 0 spiro atoms. The Morgan fingerprint density at radius 2 is 1.11 bits per heavy atom. The summed E-state index contributed by atoms with van der Waals surface area (Å²) in [4.78, 5) is 10.4. The zero-order chi connectivity index (χ0) is 30.5. The lowest BCUT2D eigenvalue weighted by Crippen LogP contribution is -1.97. The van der Waals surface area contributed by atoms with Gasteiger partial charge >= 0.3 is 0 Å². The van der Waals surface area contributed by atoms with E-state index in [2.05, 4.69) is 133 Å². The standard InChI is InChI=1S/C42H26N2OS/c1-2-10-27(11-3-1)32-13-5-6-14-33(32)37-26-36(28-18-20-29(21-19-28)39-24-30-12-4-8-16-38(30)45-39)43-42(44-37)31-22-23-35-34-15-7-9-17-40(34)46-41(35)25-31/h1-26H. The summed E-state index contributed by atoms with van der Waals surface area (Å²) in [5, 5.41) is 3.64. The SMILES string of the molecule is c1ccc(-c2ccccc2-c2cc(-c3ccc(-c4cc5ccccc5o4)cc3)nc(-c3ccc4c(c3)sc3ccccc34)n2)cc1. The van der Waals surface area contributed by atoms with Gasteiger partial charge < -0.3 is 4.42 Å². The van der Waals surface area contributed by atoms with Crippen LogP contribution in [-0.4, -0.2) is 9.97 Å². The average molecular weight is 607 g/mol. The third kappa shape index (κ3) is 4.68. The molecule has 3 heterocycles. The van der Waals surface area contributed by atoms with Crippen molar-refractivity contribution in [1.29, 1.82) is 0 Å². The summed E-state index contributed by atoms with van der Waals surface area (Å²) >= 11 is 1.81. The van der Waals surface area contributed by atoms with Crippen molar-refractivity contribution >= 4 is 42.5 Å². The Labute approximate surface area is 270 Å². The Morgan fingerprint density at radius 1 is 0.435 bits per heavy atom. The molecule has 0 aliphatic heterocycles. The molecule has 0 amide bonds. The summed E-state index contributed by atoms with van der Waals surface area (Å²) in [5.41, 5.74) is 9.05. The molecule has 3 nitrogen and oxygen atoms in total. The van der Waals surface area contributed by atoms with E-state index in [9.17, 15) is 0 Å². The number of aromatic nitrogens is 2. The molecule has 4 heteroatoms. The van der Waals surface area contributed by atoms with Crippen molar-refractivity contribution in [2.45, 2.75) is 0 Å². The van der Waals surface area contributed by atoms with Crippen molar-refractivity contribution in [1.82, 2.24) is 9.97 Å². The largest absolute Gasteiger partial charge is 0.456 e. The number of hydrogen-bond acceptors (Lipinski definition) is 4. The predicted molar refractivity (Wildman–Crippen MR) is 192 cm³/mol. The maximum Gasteiger partial charge on any atom is 0.160 e. The van der Waals surface area contributed by atoms with Crippen LogP contribution in [0.25, 0.3) is 87.5 Å². The minimum atomic E-state index is 0.705. The Morgan fingerprint density at radius 3 is 1.98 bits per heavy atom. The van der Waals surface area contributed by atoms with Crippen LogP contribution >= 0.6 is 11.3 Å². The van der Waals surface area contributed by atoms with E-state index in [1.807, 2.05) is 35.6 Å². The van der Waals surface area contributed by atoms with Crippen molar-refractivity contribution in [3.05, 3.63) is 158 Å². The van der Waals surface area contributed by atoms with Crippen LogP contribution in [0, 0.1) is 0 Å². The molecule has 0 unspecified atom stereocenters. The van der Waals surface area contributed by atoms with E-state index in [4.69, 9.17) is 14.4 Å². The summed E-state index contributed by atoms with van der Waals surface area (Å²) in [5.74, 6) is 1.56. The van der Waals surface area contributed by atoms with Crippen LogP contribution in [0.1, 0.15) is 0 Å². The molecular formula is C42H26N2OS. The molecule has 0 aliphatic carbocycles. The van der Waals surface area contributed by atoms with E-state index in [-0.39, 0.29) is 0 Å². The van der Waals surface area contributed by atoms with E-state index in [0.29, 0.717) is 5.82 Å². The summed E-state index contributed by atoms with van der Waals surface area (Å²) in [6.45, 7) is 0. The number of nitrogens with zero attached hydrogens (tertiary/aromatic N) is 2. The van der Waals surface area contributed by atoms with Gasteiger partial charge in [-0.05, 0) is 41.5 Å². The zero-order valence-electron chi connectivity index (χ0n) is 24.7. The van der Waals surface area contributed by atoms with Gasteiger partial charge in [0, 0.05) is 47.8 Å². The maximum atomic E-state index is 6.14. The van der Waals surface area contributed by atoms with E-state index in [1.165, 1.54) is 20.2 Å². The molecule has 216 valence electrons. The highest BCUT2D eigenvalue weighted by molar-refractivity contribution is 7.25. The quantitative estimate of drug-likeness (QED) is 0.196. The van der Waals surface area contributed by atoms with Crippen molar-refractivity contribution in [3.8, 4) is 56.4 Å². The van der Waals surface area contributed by atoms with Crippen LogP contribution in [0.5, 0.6) is 0 Å². The van der Waals surface area contributed by atoms with Crippen molar-refractivity contribution in [2.24, 2.45) is 0 Å². The van der Waals surface area contributed by atoms with E-state index in [0.717, 1.165) is 61.5 Å². The van der Waals surface area contributed by atoms with Gasteiger partial charge in [0.25, 0.3) is 0 Å². The molecule has 0 fully saturated rings. The predicted octanol–water partition coefficient (Wildman–Crippen LogP) is 11.9. The molecule has 0 saturated carbocycles. The number of thiophene rings is 1. The normalized spacial score (nSPS) is 11.5. The van der Waals surface area contributed by atoms with Gasteiger partial charge in [-0.3, -0.25) is 0 Å². The number of hydrogen-bond donors (Lipinski definition) is 0. The van der Waals surface area contributed by atoms with Crippen LogP contribution < -0.4 is 0 Å². The summed E-state index contributed by atoms with van der Waals surface area (Å²) in [6.07, 6.45) is 0. The summed E-state index contributed by atoms with van der Waals surface area (Å²) in [6, 6.07) is 54.9. The van der Waals surface area contributed by atoms with Gasteiger partial charge in [-0.15, -0.1) is 11.3 Å². The second-order valence-corrected chi connectivity index (χ2v) is 12.5. The average Bonchev–Trinajstić information content (AvgIpc) is 3.73. The molecule has 9 rings (SSSR count). The first-order valence-corrected chi connectivity index (χ1v) is 16.1. The minimum Gasteiger partial charge on any atom is -0.456 e. The highest BCUT2D eigenvalue weighted by atomic mass is 32.1. The van der Waals surface area contributed by atoms with Crippen LogP contribution in [0.2, 0.25) is 0 Å². The molecule has 0 saturated heterocycles. The van der Waals surface area contributed by atoms with Crippen molar-refractivity contribution < 1.29 is 4.42 Å². The Bertz CT molecular complexity index is 2490. The highest BCUT2D eigenvalue weighted by Crippen LogP contribution is 2.38. The molecule has 6 aromatic carbocycles. The second kappa shape index (κ2) is 11.0. The number of fused-ring (bicyclic) bond motifs is 4. The van der Waals surface area contributed by atoms with Gasteiger partial charge in [-0.2, -0.15) is 0 Å². The molecule has 0 atom stereocenters. The monoisotopic (exact) mass is 606 g/mol. The smallest absolute Gasteiger partial charge is 0.160 e. The Balaban J connectivity index is 1.20. The third-order valence-corrected chi connectivity index (χ3v) is 9.68. The van der Waals surface area contributed by atoms with Crippen LogP contribution in [-0.2, 0) is 0 Å². The van der Waals surface area contributed by atoms with E-state index in [1.54, 1.807) is 0 Å². The lowest BCUT2D eigenvalue weighted by Gasteiger charge is -2.13. The van der Waals surface area contributed by atoms with Crippen LogP contribution in [0.15, 0.2) is 162 Å². The first-order valence-electron chi connectivity index (χ1n) is 15.3.